The molecule has 0 saturated carbocycles. The van der Waals surface area contributed by atoms with Crippen LogP contribution in [0.1, 0.15) is 32.5 Å². The molecular weight excluding hydrogens is 283 g/mol. The number of nitrogens with zero attached hydrogens (tertiary/aromatic N) is 2. The molecular formula is C10H14F3N3O2S. The number of nitrogens with one attached hydrogen (secondary N) is 1. The van der Waals surface area contributed by atoms with Gasteiger partial charge < -0.3 is 10.1 Å². The lowest BCUT2D eigenvalue weighted by atomic mass is 9.97. The van der Waals surface area contributed by atoms with Crippen LogP contribution < -0.4 is 5.32 Å². The van der Waals surface area contributed by atoms with E-state index < -0.39 is 23.5 Å². The Hall–Kier alpha value is -1.38. The summed E-state index contributed by atoms with van der Waals surface area (Å²) < 4.78 is 45.0. The van der Waals surface area contributed by atoms with Gasteiger partial charge in [0, 0.05) is 11.5 Å². The molecule has 0 aliphatic rings. The highest BCUT2D eigenvalue weighted by molar-refractivity contribution is 7.09. The summed E-state index contributed by atoms with van der Waals surface area (Å²) in [4.78, 5) is 15.0. The zero-order valence-corrected chi connectivity index (χ0v) is 11.5. The van der Waals surface area contributed by atoms with Gasteiger partial charge in [-0.05, 0) is 13.3 Å². The molecule has 9 heteroatoms. The lowest BCUT2D eigenvalue weighted by Crippen LogP contribution is -2.44. The monoisotopic (exact) mass is 297 g/mol. The molecule has 1 unspecified atom stereocenters. The summed E-state index contributed by atoms with van der Waals surface area (Å²) in [5.41, 5.74) is -1.12. The van der Waals surface area contributed by atoms with Gasteiger partial charge in [-0.2, -0.15) is 22.5 Å². The van der Waals surface area contributed by atoms with Crippen LogP contribution in [-0.4, -0.2) is 28.0 Å². The van der Waals surface area contributed by atoms with Crippen molar-refractivity contribution in [1.29, 1.82) is 0 Å². The van der Waals surface area contributed by atoms with Crippen molar-refractivity contribution in [2.45, 2.75) is 38.4 Å². The highest BCUT2D eigenvalue weighted by atomic mass is 32.1. The number of hydrogen-bond acceptors (Lipinski definition) is 6. The van der Waals surface area contributed by atoms with Crippen molar-refractivity contribution in [3.8, 4) is 0 Å². The van der Waals surface area contributed by atoms with Crippen LogP contribution in [0.15, 0.2) is 0 Å². The van der Waals surface area contributed by atoms with Crippen molar-refractivity contribution < 1.29 is 22.7 Å². The molecule has 0 bridgehead atoms. The van der Waals surface area contributed by atoms with Crippen LogP contribution in [0.5, 0.6) is 0 Å². The minimum atomic E-state index is -4.59. The van der Waals surface area contributed by atoms with E-state index in [1.165, 1.54) is 7.11 Å². The van der Waals surface area contributed by atoms with Crippen LogP contribution in [0.2, 0.25) is 0 Å². The number of ether oxygens (including phenoxy) is 1. The van der Waals surface area contributed by atoms with Gasteiger partial charge in [-0.3, -0.25) is 0 Å². The zero-order chi connectivity index (χ0) is 14.7. The van der Waals surface area contributed by atoms with E-state index in [1.54, 1.807) is 6.92 Å². The fourth-order valence-electron chi connectivity index (χ4n) is 1.57. The lowest BCUT2D eigenvalue weighted by Gasteiger charge is -2.26. The van der Waals surface area contributed by atoms with E-state index in [2.05, 4.69) is 19.4 Å². The summed E-state index contributed by atoms with van der Waals surface area (Å²) in [7, 11) is 1.22. The molecule has 1 atom stereocenters. The third kappa shape index (κ3) is 3.79. The standard InChI is InChI=1S/C10H14F3N3O2S/c1-4-5-9(2,7(17)18-3)15-8-14-6(16-19-8)10(11,12)13/h4-5H2,1-3H3,(H,14,15,16). The van der Waals surface area contributed by atoms with E-state index in [4.69, 9.17) is 0 Å². The molecule has 0 saturated heterocycles. The Balaban J connectivity index is 2.92. The molecule has 0 fully saturated rings. The molecule has 0 spiro atoms. The normalized spacial score (nSPS) is 14.8. The summed E-state index contributed by atoms with van der Waals surface area (Å²) in [6.07, 6.45) is -3.53. The first-order chi connectivity index (χ1) is 8.73. The van der Waals surface area contributed by atoms with E-state index in [-0.39, 0.29) is 5.13 Å². The summed E-state index contributed by atoms with van der Waals surface area (Å²) in [5, 5.41) is 2.61. The van der Waals surface area contributed by atoms with Crippen LogP contribution >= 0.6 is 11.5 Å². The minimum Gasteiger partial charge on any atom is -0.467 e. The highest BCUT2D eigenvalue weighted by Crippen LogP contribution is 2.30. The number of aromatic nitrogens is 2. The van der Waals surface area contributed by atoms with E-state index in [0.717, 1.165) is 0 Å². The number of rotatable bonds is 5. The first kappa shape index (κ1) is 15.7. The first-order valence-electron chi connectivity index (χ1n) is 5.50. The largest absolute Gasteiger partial charge is 0.467 e. The summed E-state index contributed by atoms with van der Waals surface area (Å²) in [5.74, 6) is -1.78. The molecule has 0 radical (unpaired) electrons. The maximum absolute atomic E-state index is 12.4. The summed E-state index contributed by atoms with van der Waals surface area (Å²) in [6.45, 7) is 3.40. The van der Waals surface area contributed by atoms with Gasteiger partial charge in [-0.25, -0.2) is 4.79 Å². The third-order valence-corrected chi connectivity index (χ3v) is 3.08. The minimum absolute atomic E-state index is 0.0614. The van der Waals surface area contributed by atoms with Crippen LogP contribution in [0.25, 0.3) is 0 Å². The average molecular weight is 297 g/mol. The second-order valence-electron chi connectivity index (χ2n) is 4.12. The SMILES string of the molecule is CCCC(C)(Nc1nc(C(F)(F)F)ns1)C(=O)OC. The van der Waals surface area contributed by atoms with Crippen molar-refractivity contribution in [3.05, 3.63) is 5.82 Å². The van der Waals surface area contributed by atoms with Gasteiger partial charge in [0.05, 0.1) is 7.11 Å². The molecule has 0 aliphatic carbocycles. The summed E-state index contributed by atoms with van der Waals surface area (Å²) >= 11 is 0.557. The Kier molecular flexibility index (Phi) is 4.72. The van der Waals surface area contributed by atoms with Gasteiger partial charge in [0.2, 0.25) is 11.0 Å². The van der Waals surface area contributed by atoms with Gasteiger partial charge in [-0.1, -0.05) is 13.3 Å². The Labute approximate surface area is 112 Å². The molecule has 0 aromatic carbocycles. The molecule has 108 valence electrons. The van der Waals surface area contributed by atoms with Gasteiger partial charge in [0.15, 0.2) is 0 Å². The fraction of sp³-hybridized carbons (Fsp3) is 0.700. The lowest BCUT2D eigenvalue weighted by molar-refractivity contribution is -0.145. The molecule has 1 heterocycles. The second kappa shape index (κ2) is 5.72. The van der Waals surface area contributed by atoms with Crippen LogP contribution in [0.3, 0.4) is 0 Å². The smallest absolute Gasteiger partial charge is 0.452 e. The number of methoxy groups -OCH3 is 1. The van der Waals surface area contributed by atoms with Gasteiger partial charge in [-0.15, -0.1) is 0 Å². The predicted molar refractivity (Wildman–Crippen MR) is 63.9 cm³/mol. The van der Waals surface area contributed by atoms with Crippen molar-refractivity contribution in [2.24, 2.45) is 0 Å². The van der Waals surface area contributed by atoms with E-state index in [0.29, 0.717) is 24.4 Å². The predicted octanol–water partition coefficient (Wildman–Crippen LogP) is 2.70. The maximum Gasteiger partial charge on any atom is 0.452 e. The quantitative estimate of drug-likeness (QED) is 0.847. The van der Waals surface area contributed by atoms with Crippen molar-refractivity contribution in [3.63, 3.8) is 0 Å². The van der Waals surface area contributed by atoms with Gasteiger partial charge >= 0.3 is 12.1 Å². The number of halogens is 3. The molecule has 5 nitrogen and oxygen atoms in total. The van der Waals surface area contributed by atoms with Gasteiger partial charge in [0.1, 0.15) is 5.54 Å². The third-order valence-electron chi connectivity index (χ3n) is 2.45. The van der Waals surface area contributed by atoms with Crippen LogP contribution in [0, 0.1) is 0 Å². The zero-order valence-electron chi connectivity index (χ0n) is 10.7. The first-order valence-corrected chi connectivity index (χ1v) is 6.28. The number of hydrogen-bond donors (Lipinski definition) is 1. The number of carbonyl (C=O) groups excluding carboxylic acids is 1. The van der Waals surface area contributed by atoms with Crippen molar-refractivity contribution in [1.82, 2.24) is 9.36 Å². The molecule has 0 aliphatic heterocycles. The number of alkyl halides is 3. The Bertz CT molecular complexity index is 449. The van der Waals surface area contributed by atoms with E-state index in [9.17, 15) is 18.0 Å². The van der Waals surface area contributed by atoms with E-state index in [1.807, 2.05) is 6.92 Å². The number of esters is 1. The number of carbonyl (C=O) groups is 1. The number of anilines is 1. The molecule has 1 N–H and O–H groups in total. The van der Waals surface area contributed by atoms with Crippen molar-refractivity contribution >= 4 is 22.6 Å². The molecule has 1 aromatic rings. The Morgan fingerprint density at radius 3 is 2.53 bits per heavy atom. The van der Waals surface area contributed by atoms with Crippen molar-refractivity contribution in [2.75, 3.05) is 12.4 Å². The van der Waals surface area contributed by atoms with E-state index >= 15 is 0 Å². The Morgan fingerprint density at radius 1 is 1.47 bits per heavy atom. The summed E-state index contributed by atoms with van der Waals surface area (Å²) in [6, 6.07) is 0. The molecule has 0 amide bonds. The van der Waals surface area contributed by atoms with Crippen LogP contribution in [-0.2, 0) is 15.7 Å². The average Bonchev–Trinajstić information content (AvgIpc) is 2.76. The molecule has 19 heavy (non-hydrogen) atoms. The topological polar surface area (TPSA) is 64.1 Å². The van der Waals surface area contributed by atoms with Gasteiger partial charge in [0.25, 0.3) is 0 Å². The molecule has 1 rings (SSSR count). The maximum atomic E-state index is 12.4. The Morgan fingerprint density at radius 2 is 2.11 bits per heavy atom. The second-order valence-corrected chi connectivity index (χ2v) is 4.87. The van der Waals surface area contributed by atoms with Crippen LogP contribution in [0.4, 0.5) is 18.3 Å². The molecule has 1 aromatic heterocycles. The fourth-order valence-corrected chi connectivity index (χ4v) is 2.28. The highest BCUT2D eigenvalue weighted by Gasteiger charge is 2.38.